The van der Waals surface area contributed by atoms with Crippen molar-refractivity contribution in [2.24, 2.45) is 0 Å². The van der Waals surface area contributed by atoms with Crippen LogP contribution >= 0.6 is 0 Å². The van der Waals surface area contributed by atoms with Crippen LogP contribution in [0.2, 0.25) is 0 Å². The van der Waals surface area contributed by atoms with Crippen LogP contribution in [0.25, 0.3) is 0 Å². The molecule has 1 heterocycles. The van der Waals surface area contributed by atoms with Gasteiger partial charge in [-0.05, 0) is 24.0 Å². The van der Waals surface area contributed by atoms with Crippen LogP contribution in [0.1, 0.15) is 31.2 Å². The third-order valence-corrected chi connectivity index (χ3v) is 2.49. The van der Waals surface area contributed by atoms with Gasteiger partial charge in [0.05, 0.1) is 6.42 Å². The number of benzene rings is 1. The van der Waals surface area contributed by atoms with Gasteiger partial charge in [0.1, 0.15) is 5.75 Å². The van der Waals surface area contributed by atoms with Gasteiger partial charge in [0.25, 0.3) is 0 Å². The lowest BCUT2D eigenvalue weighted by atomic mass is 9.91. The number of fused-ring (bicyclic) bond motifs is 1. The molecular weight excluding hydrogens is 164 g/mol. The number of esters is 1. The summed E-state index contributed by atoms with van der Waals surface area (Å²) in [5, 5.41) is 0. The van der Waals surface area contributed by atoms with Crippen molar-refractivity contribution in [3.05, 3.63) is 29.8 Å². The second-order valence-corrected chi connectivity index (χ2v) is 3.32. The van der Waals surface area contributed by atoms with E-state index in [4.69, 9.17) is 4.74 Å². The lowest BCUT2D eigenvalue weighted by Gasteiger charge is -2.22. The molecule has 0 spiro atoms. The molecule has 0 N–H and O–H groups in total. The predicted molar refractivity (Wildman–Crippen MR) is 49.7 cm³/mol. The molecule has 1 aliphatic heterocycles. The van der Waals surface area contributed by atoms with Gasteiger partial charge in [-0.15, -0.1) is 0 Å². The highest BCUT2D eigenvalue weighted by Crippen LogP contribution is 2.35. The van der Waals surface area contributed by atoms with Crippen molar-refractivity contribution < 1.29 is 9.53 Å². The maximum atomic E-state index is 11.2. The molecule has 1 aromatic carbocycles. The molecule has 2 rings (SSSR count). The van der Waals surface area contributed by atoms with Gasteiger partial charge in [0, 0.05) is 0 Å². The first kappa shape index (κ1) is 8.30. The predicted octanol–water partition coefficient (Wildman–Crippen LogP) is 2.49. The topological polar surface area (TPSA) is 26.3 Å². The van der Waals surface area contributed by atoms with Crippen LogP contribution < -0.4 is 4.74 Å². The maximum Gasteiger partial charge on any atom is 0.311 e. The second kappa shape index (κ2) is 3.21. The summed E-state index contributed by atoms with van der Waals surface area (Å²) in [5.74, 6) is 0.980. The summed E-state index contributed by atoms with van der Waals surface area (Å²) in [5.41, 5.74) is 1.17. The molecular formula is C11H12O2. The summed E-state index contributed by atoms with van der Waals surface area (Å²) in [6.07, 6.45) is 1.51. The van der Waals surface area contributed by atoms with Crippen molar-refractivity contribution in [2.75, 3.05) is 0 Å². The Morgan fingerprint density at radius 2 is 2.23 bits per heavy atom. The van der Waals surface area contributed by atoms with Gasteiger partial charge in [0.2, 0.25) is 0 Å². The van der Waals surface area contributed by atoms with Crippen molar-refractivity contribution in [2.45, 2.75) is 25.7 Å². The van der Waals surface area contributed by atoms with Crippen molar-refractivity contribution in [3.63, 3.8) is 0 Å². The highest BCUT2D eigenvalue weighted by Gasteiger charge is 2.24. The summed E-state index contributed by atoms with van der Waals surface area (Å²) in [6, 6.07) is 7.77. The van der Waals surface area contributed by atoms with Crippen molar-refractivity contribution in [3.8, 4) is 5.75 Å². The maximum absolute atomic E-state index is 11.2. The minimum Gasteiger partial charge on any atom is -0.426 e. The Hall–Kier alpha value is -1.31. The zero-order chi connectivity index (χ0) is 9.26. The summed E-state index contributed by atoms with van der Waals surface area (Å²) >= 11 is 0. The van der Waals surface area contributed by atoms with Crippen LogP contribution in [-0.2, 0) is 4.79 Å². The highest BCUT2D eigenvalue weighted by molar-refractivity contribution is 5.76. The number of hydrogen-bond donors (Lipinski definition) is 0. The van der Waals surface area contributed by atoms with Gasteiger partial charge in [-0.2, -0.15) is 0 Å². The lowest BCUT2D eigenvalue weighted by Crippen LogP contribution is -2.19. The van der Waals surface area contributed by atoms with Gasteiger partial charge in [-0.1, -0.05) is 25.1 Å². The van der Waals surface area contributed by atoms with Gasteiger partial charge in [-0.25, -0.2) is 0 Å². The Morgan fingerprint density at radius 1 is 1.46 bits per heavy atom. The smallest absolute Gasteiger partial charge is 0.311 e. The third kappa shape index (κ3) is 1.44. The SMILES string of the molecule is CCC1CC(=O)Oc2ccccc21. The van der Waals surface area contributed by atoms with E-state index >= 15 is 0 Å². The van der Waals surface area contributed by atoms with E-state index in [2.05, 4.69) is 6.92 Å². The average molecular weight is 176 g/mol. The summed E-state index contributed by atoms with van der Waals surface area (Å²) in [4.78, 5) is 11.2. The summed E-state index contributed by atoms with van der Waals surface area (Å²) in [7, 11) is 0. The van der Waals surface area contributed by atoms with Gasteiger partial charge < -0.3 is 4.74 Å². The van der Waals surface area contributed by atoms with Crippen LogP contribution in [0.3, 0.4) is 0 Å². The fourth-order valence-electron chi connectivity index (χ4n) is 1.75. The quantitative estimate of drug-likeness (QED) is 0.485. The lowest BCUT2D eigenvalue weighted by molar-refractivity contribution is -0.135. The van der Waals surface area contributed by atoms with E-state index in [1.165, 1.54) is 5.56 Å². The monoisotopic (exact) mass is 176 g/mol. The standard InChI is InChI=1S/C11H12O2/c1-2-8-7-11(12)13-10-6-4-3-5-9(8)10/h3-6,8H,2,7H2,1H3. The Bertz CT molecular complexity index is 331. The molecule has 0 aliphatic carbocycles. The number of para-hydroxylation sites is 1. The van der Waals surface area contributed by atoms with E-state index in [0.717, 1.165) is 12.2 Å². The normalized spacial score (nSPS) is 20.7. The molecule has 1 aliphatic rings. The van der Waals surface area contributed by atoms with Crippen LogP contribution in [-0.4, -0.2) is 5.97 Å². The first-order valence-corrected chi connectivity index (χ1v) is 4.61. The molecule has 68 valence electrons. The zero-order valence-corrected chi connectivity index (χ0v) is 7.62. The molecule has 1 unspecified atom stereocenters. The molecule has 0 bridgehead atoms. The molecule has 0 amide bonds. The molecule has 0 aromatic heterocycles. The molecule has 0 saturated carbocycles. The number of hydrogen-bond acceptors (Lipinski definition) is 2. The molecule has 2 heteroatoms. The van der Waals surface area contributed by atoms with E-state index < -0.39 is 0 Å². The average Bonchev–Trinajstić information content (AvgIpc) is 2.16. The summed E-state index contributed by atoms with van der Waals surface area (Å²) in [6.45, 7) is 2.10. The Balaban J connectivity index is 2.42. The number of ether oxygens (including phenoxy) is 1. The number of rotatable bonds is 1. The fourth-order valence-corrected chi connectivity index (χ4v) is 1.75. The molecule has 13 heavy (non-hydrogen) atoms. The Morgan fingerprint density at radius 3 is 3.00 bits per heavy atom. The molecule has 1 atom stereocenters. The van der Waals surface area contributed by atoms with Gasteiger partial charge in [-0.3, -0.25) is 4.79 Å². The minimum atomic E-state index is -0.106. The second-order valence-electron chi connectivity index (χ2n) is 3.32. The van der Waals surface area contributed by atoms with E-state index in [0.29, 0.717) is 12.3 Å². The van der Waals surface area contributed by atoms with E-state index in [-0.39, 0.29) is 5.97 Å². The highest BCUT2D eigenvalue weighted by atomic mass is 16.5. The summed E-state index contributed by atoms with van der Waals surface area (Å²) < 4.78 is 5.12. The molecule has 0 radical (unpaired) electrons. The fraction of sp³-hybridized carbons (Fsp3) is 0.364. The molecule has 1 aromatic rings. The van der Waals surface area contributed by atoms with Crippen LogP contribution in [0.4, 0.5) is 0 Å². The number of carbonyl (C=O) groups excluding carboxylic acids is 1. The van der Waals surface area contributed by atoms with Crippen molar-refractivity contribution in [1.82, 2.24) is 0 Å². The molecule has 2 nitrogen and oxygen atoms in total. The van der Waals surface area contributed by atoms with Gasteiger partial charge >= 0.3 is 5.97 Å². The Kier molecular flexibility index (Phi) is 2.05. The minimum absolute atomic E-state index is 0.106. The first-order valence-electron chi connectivity index (χ1n) is 4.61. The van der Waals surface area contributed by atoms with E-state index in [9.17, 15) is 4.79 Å². The van der Waals surface area contributed by atoms with Crippen LogP contribution in [0, 0.1) is 0 Å². The third-order valence-electron chi connectivity index (χ3n) is 2.49. The van der Waals surface area contributed by atoms with Crippen molar-refractivity contribution >= 4 is 5.97 Å². The number of carbonyl (C=O) groups is 1. The Labute approximate surface area is 77.5 Å². The van der Waals surface area contributed by atoms with Crippen molar-refractivity contribution in [1.29, 1.82) is 0 Å². The van der Waals surface area contributed by atoms with E-state index in [1.54, 1.807) is 0 Å². The molecule has 0 fully saturated rings. The first-order chi connectivity index (χ1) is 6.31. The molecule has 0 saturated heterocycles. The largest absolute Gasteiger partial charge is 0.426 e. The van der Waals surface area contributed by atoms with Crippen LogP contribution in [0.5, 0.6) is 5.75 Å². The van der Waals surface area contributed by atoms with E-state index in [1.807, 2.05) is 24.3 Å². The van der Waals surface area contributed by atoms with Crippen LogP contribution in [0.15, 0.2) is 24.3 Å². The van der Waals surface area contributed by atoms with Gasteiger partial charge in [0.15, 0.2) is 0 Å². The zero-order valence-electron chi connectivity index (χ0n) is 7.62.